The molecule has 17 heavy (non-hydrogen) atoms. The smallest absolute Gasteiger partial charge is 0.211 e. The number of rotatable bonds is 5. The van der Waals surface area contributed by atoms with Gasteiger partial charge < -0.3 is 0 Å². The van der Waals surface area contributed by atoms with Crippen LogP contribution in [0.2, 0.25) is 0 Å². The van der Waals surface area contributed by atoms with Gasteiger partial charge in [-0.25, -0.2) is 13.1 Å². The Labute approximate surface area is 104 Å². The van der Waals surface area contributed by atoms with Gasteiger partial charge in [0, 0.05) is 6.54 Å². The number of nitrogens with zero attached hydrogens (tertiary/aromatic N) is 1. The second kappa shape index (κ2) is 5.83. The molecule has 0 saturated heterocycles. The van der Waals surface area contributed by atoms with Gasteiger partial charge in [-0.15, -0.1) is 0 Å². The Morgan fingerprint density at radius 2 is 1.88 bits per heavy atom. The zero-order chi connectivity index (χ0) is 12.9. The summed E-state index contributed by atoms with van der Waals surface area (Å²) in [6.45, 7) is 3.66. The third-order valence-corrected chi connectivity index (χ3v) is 4.71. The molecule has 0 heterocycles. The van der Waals surface area contributed by atoms with Crippen LogP contribution in [0.1, 0.15) is 46.0 Å². The predicted octanol–water partition coefficient (Wildman–Crippen LogP) is 2.04. The standard InChI is InChI=1S/C12H22N2O2S/c1-12(2,9-13)10-14-17(15,16)8-11-6-4-3-5-7-11/h11,14H,3-8,10H2,1-2H3. The maximum atomic E-state index is 11.8. The third kappa shape index (κ3) is 5.51. The van der Waals surface area contributed by atoms with Gasteiger partial charge >= 0.3 is 0 Å². The zero-order valence-electron chi connectivity index (χ0n) is 10.7. The van der Waals surface area contributed by atoms with Crippen LogP contribution in [-0.2, 0) is 10.0 Å². The summed E-state index contributed by atoms with van der Waals surface area (Å²) in [5.41, 5.74) is -0.639. The zero-order valence-corrected chi connectivity index (χ0v) is 11.5. The van der Waals surface area contributed by atoms with Gasteiger partial charge in [-0.1, -0.05) is 19.3 Å². The Morgan fingerprint density at radius 3 is 2.41 bits per heavy atom. The lowest BCUT2D eigenvalue weighted by molar-refractivity contribution is 0.382. The summed E-state index contributed by atoms with van der Waals surface area (Å²) in [5, 5.41) is 8.83. The van der Waals surface area contributed by atoms with E-state index in [9.17, 15) is 8.42 Å². The number of hydrogen-bond donors (Lipinski definition) is 1. The first kappa shape index (κ1) is 14.5. The molecule has 0 radical (unpaired) electrons. The van der Waals surface area contributed by atoms with Crippen LogP contribution < -0.4 is 4.72 Å². The summed E-state index contributed by atoms with van der Waals surface area (Å²) in [7, 11) is -3.23. The van der Waals surface area contributed by atoms with Crippen LogP contribution in [0.15, 0.2) is 0 Å². The molecule has 4 nitrogen and oxygen atoms in total. The monoisotopic (exact) mass is 258 g/mol. The fraction of sp³-hybridized carbons (Fsp3) is 0.917. The third-order valence-electron chi connectivity index (χ3n) is 3.22. The van der Waals surface area contributed by atoms with Crippen LogP contribution in [0, 0.1) is 22.7 Å². The summed E-state index contributed by atoms with van der Waals surface area (Å²) in [5.74, 6) is 0.514. The summed E-state index contributed by atoms with van der Waals surface area (Å²) in [6, 6.07) is 2.09. The number of sulfonamides is 1. The van der Waals surface area contributed by atoms with Gasteiger partial charge in [-0.3, -0.25) is 0 Å². The highest BCUT2D eigenvalue weighted by Crippen LogP contribution is 2.24. The summed E-state index contributed by atoms with van der Waals surface area (Å²) in [4.78, 5) is 0. The molecule has 0 amide bonds. The molecule has 98 valence electrons. The summed E-state index contributed by atoms with van der Waals surface area (Å²) in [6.07, 6.45) is 5.55. The maximum Gasteiger partial charge on any atom is 0.211 e. The van der Waals surface area contributed by atoms with Gasteiger partial charge in [0.1, 0.15) is 0 Å². The highest BCUT2D eigenvalue weighted by atomic mass is 32.2. The van der Waals surface area contributed by atoms with Crippen LogP contribution in [0.3, 0.4) is 0 Å². The molecule has 1 aliphatic rings. The molecule has 0 bridgehead atoms. The van der Waals surface area contributed by atoms with Crippen LogP contribution in [0.5, 0.6) is 0 Å². The van der Waals surface area contributed by atoms with E-state index >= 15 is 0 Å². The van der Waals surface area contributed by atoms with Crippen molar-refractivity contribution < 1.29 is 8.42 Å². The SMILES string of the molecule is CC(C)(C#N)CNS(=O)(=O)CC1CCCCC1. The largest absolute Gasteiger partial charge is 0.214 e. The number of nitrogens with one attached hydrogen (secondary N) is 1. The number of hydrogen-bond acceptors (Lipinski definition) is 3. The van der Waals surface area contributed by atoms with Crippen molar-refractivity contribution in [1.82, 2.24) is 4.72 Å². The highest BCUT2D eigenvalue weighted by molar-refractivity contribution is 7.89. The van der Waals surface area contributed by atoms with Crippen molar-refractivity contribution >= 4 is 10.0 Å². The minimum absolute atomic E-state index is 0.193. The first-order valence-corrected chi connectivity index (χ1v) is 7.88. The lowest BCUT2D eigenvalue weighted by Gasteiger charge is -2.22. The Balaban J connectivity index is 2.43. The van der Waals surface area contributed by atoms with Crippen molar-refractivity contribution in [2.24, 2.45) is 11.3 Å². The average molecular weight is 258 g/mol. The molecule has 0 aliphatic heterocycles. The molecule has 1 saturated carbocycles. The van der Waals surface area contributed by atoms with Gasteiger partial charge in [-0.2, -0.15) is 5.26 Å². The second-order valence-electron chi connectivity index (χ2n) is 5.60. The molecule has 0 aromatic rings. The topological polar surface area (TPSA) is 70.0 Å². The molecule has 0 aromatic carbocycles. The van der Waals surface area contributed by atoms with Crippen molar-refractivity contribution in [3.05, 3.63) is 0 Å². The van der Waals surface area contributed by atoms with Gasteiger partial charge in [0.15, 0.2) is 0 Å². The van der Waals surface area contributed by atoms with Crippen molar-refractivity contribution in [3.8, 4) is 6.07 Å². The summed E-state index contributed by atoms with van der Waals surface area (Å²) < 4.78 is 26.2. The van der Waals surface area contributed by atoms with E-state index in [4.69, 9.17) is 5.26 Å². The van der Waals surface area contributed by atoms with Gasteiger partial charge in [0.25, 0.3) is 0 Å². The van der Waals surface area contributed by atoms with E-state index in [1.165, 1.54) is 6.42 Å². The molecular weight excluding hydrogens is 236 g/mol. The fourth-order valence-electron chi connectivity index (χ4n) is 2.05. The molecule has 0 atom stereocenters. The van der Waals surface area contributed by atoms with Crippen molar-refractivity contribution in [3.63, 3.8) is 0 Å². The molecular formula is C12H22N2O2S. The lowest BCUT2D eigenvalue weighted by atomic mass is 9.91. The second-order valence-corrected chi connectivity index (χ2v) is 7.45. The predicted molar refractivity (Wildman–Crippen MR) is 67.8 cm³/mol. The molecule has 0 spiro atoms. The van der Waals surface area contributed by atoms with Gasteiger partial charge in [-0.05, 0) is 32.6 Å². The molecule has 5 heteroatoms. The minimum Gasteiger partial charge on any atom is -0.214 e. The normalized spacial score (nSPS) is 18.9. The van der Waals surface area contributed by atoms with E-state index in [1.54, 1.807) is 13.8 Å². The van der Waals surface area contributed by atoms with Crippen LogP contribution >= 0.6 is 0 Å². The van der Waals surface area contributed by atoms with Gasteiger partial charge in [0.2, 0.25) is 10.0 Å². The molecule has 0 aromatic heterocycles. The number of nitriles is 1. The summed E-state index contributed by atoms with van der Waals surface area (Å²) >= 11 is 0. The van der Waals surface area contributed by atoms with E-state index in [0.29, 0.717) is 5.92 Å². The van der Waals surface area contributed by atoms with E-state index in [-0.39, 0.29) is 12.3 Å². The van der Waals surface area contributed by atoms with E-state index in [2.05, 4.69) is 10.8 Å². The molecule has 1 rings (SSSR count). The average Bonchev–Trinajstić information content (AvgIpc) is 2.28. The van der Waals surface area contributed by atoms with E-state index in [1.807, 2.05) is 0 Å². The van der Waals surface area contributed by atoms with Crippen molar-refractivity contribution in [2.75, 3.05) is 12.3 Å². The molecule has 1 aliphatic carbocycles. The van der Waals surface area contributed by atoms with Crippen molar-refractivity contribution in [2.45, 2.75) is 46.0 Å². The molecule has 0 unspecified atom stereocenters. The fourth-order valence-corrected chi connectivity index (χ4v) is 3.71. The minimum atomic E-state index is -3.23. The maximum absolute atomic E-state index is 11.8. The Hall–Kier alpha value is -0.600. The Morgan fingerprint density at radius 1 is 1.29 bits per heavy atom. The molecule has 1 N–H and O–H groups in total. The van der Waals surface area contributed by atoms with E-state index < -0.39 is 15.4 Å². The first-order valence-electron chi connectivity index (χ1n) is 6.23. The van der Waals surface area contributed by atoms with Gasteiger partial charge in [0.05, 0.1) is 17.2 Å². The van der Waals surface area contributed by atoms with Crippen LogP contribution in [-0.4, -0.2) is 20.7 Å². The quantitative estimate of drug-likeness (QED) is 0.820. The van der Waals surface area contributed by atoms with E-state index in [0.717, 1.165) is 25.7 Å². The first-order chi connectivity index (χ1) is 7.85. The Kier molecular flexibility index (Phi) is 4.96. The lowest BCUT2D eigenvalue weighted by Crippen LogP contribution is -2.36. The highest BCUT2D eigenvalue weighted by Gasteiger charge is 2.24. The van der Waals surface area contributed by atoms with Crippen LogP contribution in [0.4, 0.5) is 0 Å². The van der Waals surface area contributed by atoms with Crippen molar-refractivity contribution in [1.29, 1.82) is 5.26 Å². The molecule has 1 fully saturated rings. The Bertz CT molecular complexity index is 376. The van der Waals surface area contributed by atoms with Crippen LogP contribution in [0.25, 0.3) is 0 Å².